The molecule has 0 bridgehead atoms. The highest BCUT2D eigenvalue weighted by molar-refractivity contribution is 7.86. The maximum Gasteiger partial charge on any atom is 0.271 e. The van der Waals surface area contributed by atoms with E-state index in [1.54, 1.807) is 4.90 Å². The van der Waals surface area contributed by atoms with Gasteiger partial charge in [-0.25, -0.2) is 0 Å². The molecule has 4 aliphatic carbocycles. The lowest BCUT2D eigenvalue weighted by atomic mass is 9.44. The first-order valence-electron chi connectivity index (χ1n) is 13.7. The molecule has 5 aliphatic rings. The zero-order valence-electron chi connectivity index (χ0n) is 21.2. The van der Waals surface area contributed by atoms with Crippen molar-refractivity contribution < 1.29 is 22.6 Å². The number of carbonyl (C=O) groups excluding carboxylic acids is 2. The topological polar surface area (TPSA) is 91.8 Å². The lowest BCUT2D eigenvalue weighted by Gasteiger charge is -2.60. The van der Waals surface area contributed by atoms with Crippen molar-refractivity contribution in [3.8, 4) is 0 Å². The minimum absolute atomic E-state index is 0.0215. The van der Waals surface area contributed by atoms with E-state index in [-0.39, 0.29) is 19.0 Å². The number of carbonyl (C=O) groups is 2. The van der Waals surface area contributed by atoms with Crippen LogP contribution in [0.5, 0.6) is 0 Å². The molecule has 0 unspecified atom stereocenters. The van der Waals surface area contributed by atoms with E-state index >= 15 is 0 Å². The molecule has 6 nitrogen and oxygen atoms in total. The van der Waals surface area contributed by atoms with E-state index in [4.69, 9.17) is 4.55 Å². The number of hydrogen-bond donors (Lipinski definition) is 1. The van der Waals surface area contributed by atoms with Crippen LogP contribution in [0.2, 0.25) is 0 Å². The van der Waals surface area contributed by atoms with Crippen LogP contribution < -0.4 is 0 Å². The van der Waals surface area contributed by atoms with Crippen LogP contribution in [0, 0.1) is 46.3 Å². The fourth-order valence-corrected chi connectivity index (χ4v) is 10.3. The molecule has 1 heterocycles. The van der Waals surface area contributed by atoms with E-state index in [0.29, 0.717) is 40.8 Å². The van der Waals surface area contributed by atoms with Crippen LogP contribution in [0.1, 0.15) is 91.4 Å². The molecule has 192 valence electrons. The molecule has 7 heteroatoms. The van der Waals surface area contributed by atoms with Gasteiger partial charge in [-0.05, 0) is 97.7 Å². The molecule has 1 amide bonds. The first-order chi connectivity index (χ1) is 15.9. The average Bonchev–Trinajstić information content (AvgIpc) is 3.07. The fraction of sp³-hybridized carbons (Fsp3) is 0.926. The van der Waals surface area contributed by atoms with Gasteiger partial charge in [-0.1, -0.05) is 20.8 Å². The Balaban J connectivity index is 1.20. The number of likely N-dealkylation sites (tertiary alicyclic amines) is 1. The van der Waals surface area contributed by atoms with Crippen molar-refractivity contribution in [2.45, 2.75) is 96.7 Å². The third-order valence-corrected chi connectivity index (χ3v) is 12.8. The maximum absolute atomic E-state index is 12.6. The van der Waals surface area contributed by atoms with Gasteiger partial charge in [0.1, 0.15) is 11.0 Å². The Morgan fingerprint density at radius 3 is 2.47 bits per heavy atom. The van der Waals surface area contributed by atoms with Crippen LogP contribution in [0.25, 0.3) is 0 Å². The van der Waals surface area contributed by atoms with Gasteiger partial charge in [0.05, 0.1) is 0 Å². The van der Waals surface area contributed by atoms with Crippen molar-refractivity contribution in [1.29, 1.82) is 0 Å². The van der Waals surface area contributed by atoms with E-state index in [9.17, 15) is 18.0 Å². The van der Waals surface area contributed by atoms with Crippen molar-refractivity contribution in [1.82, 2.24) is 4.90 Å². The molecule has 0 aromatic rings. The standard InChI is InChI=1S/C27H43NO5S/c1-17(4-9-25(30)28-15-20(16-28)34(31,32)33)22-7-8-23-21-6-5-18-14-19(29)10-12-26(18,2)24(21)11-13-27(22,23)3/h17-18,20-24H,4-16H2,1-3H3,(H,31,32,33)/t17-,18-,21+,22-,23+,24+,26+,27-/m1/s1. The van der Waals surface area contributed by atoms with Gasteiger partial charge in [-0.15, -0.1) is 0 Å². The molecule has 0 aromatic heterocycles. The largest absolute Gasteiger partial charge is 0.340 e. The molecule has 4 saturated carbocycles. The Labute approximate surface area is 205 Å². The fourth-order valence-electron chi connectivity index (χ4n) is 9.56. The van der Waals surface area contributed by atoms with Crippen LogP contribution in [0.15, 0.2) is 0 Å². The van der Waals surface area contributed by atoms with Crippen LogP contribution in [-0.4, -0.2) is 47.9 Å². The second-order valence-electron chi connectivity index (χ2n) is 13.1. The number of Topliss-reactive ketones (excluding diaryl/α,β-unsaturated/α-hetero) is 1. The average molecular weight is 494 g/mol. The van der Waals surface area contributed by atoms with E-state index < -0.39 is 15.4 Å². The smallest absolute Gasteiger partial charge is 0.271 e. The molecule has 1 saturated heterocycles. The third-order valence-electron chi connectivity index (χ3n) is 11.7. The summed E-state index contributed by atoms with van der Waals surface area (Å²) in [4.78, 5) is 26.3. The highest BCUT2D eigenvalue weighted by Gasteiger charge is 2.60. The Bertz CT molecular complexity index is 943. The van der Waals surface area contributed by atoms with E-state index in [2.05, 4.69) is 20.8 Å². The monoisotopic (exact) mass is 493 g/mol. The third kappa shape index (κ3) is 3.97. The van der Waals surface area contributed by atoms with Gasteiger partial charge < -0.3 is 4.90 Å². The summed E-state index contributed by atoms with van der Waals surface area (Å²) in [5.74, 6) is 4.57. The lowest BCUT2D eigenvalue weighted by Crippen LogP contribution is -2.56. The molecule has 34 heavy (non-hydrogen) atoms. The second kappa shape index (κ2) is 8.57. The summed E-state index contributed by atoms with van der Waals surface area (Å²) in [6, 6.07) is 0. The summed E-state index contributed by atoms with van der Waals surface area (Å²) in [5, 5.41) is -0.808. The van der Waals surface area contributed by atoms with E-state index in [1.165, 1.54) is 38.5 Å². The van der Waals surface area contributed by atoms with E-state index in [0.717, 1.165) is 43.4 Å². The van der Waals surface area contributed by atoms with Gasteiger partial charge >= 0.3 is 0 Å². The van der Waals surface area contributed by atoms with Gasteiger partial charge in [0, 0.05) is 32.4 Å². The molecule has 1 aliphatic heterocycles. The predicted molar refractivity (Wildman–Crippen MR) is 131 cm³/mol. The molecule has 0 spiro atoms. The summed E-state index contributed by atoms with van der Waals surface area (Å²) in [6.45, 7) is 7.62. The molecule has 0 aromatic carbocycles. The Kier molecular flexibility index (Phi) is 6.23. The molecule has 5 fully saturated rings. The summed E-state index contributed by atoms with van der Waals surface area (Å²) in [7, 11) is -4.03. The first-order valence-corrected chi connectivity index (χ1v) is 15.2. The Morgan fingerprint density at radius 1 is 1.06 bits per heavy atom. The van der Waals surface area contributed by atoms with E-state index in [1.807, 2.05) is 0 Å². The van der Waals surface area contributed by atoms with Gasteiger partial charge in [0.2, 0.25) is 5.91 Å². The predicted octanol–water partition coefficient (Wildman–Crippen LogP) is 4.73. The number of hydrogen-bond acceptors (Lipinski definition) is 4. The number of ketones is 1. The molecule has 8 atom stereocenters. The quantitative estimate of drug-likeness (QED) is 0.559. The maximum atomic E-state index is 12.6. The Hall–Kier alpha value is -0.950. The van der Waals surface area contributed by atoms with Crippen molar-refractivity contribution in [3.63, 3.8) is 0 Å². The number of rotatable bonds is 5. The second-order valence-corrected chi connectivity index (χ2v) is 14.8. The van der Waals surface area contributed by atoms with Gasteiger partial charge in [-0.2, -0.15) is 8.42 Å². The molecule has 5 rings (SSSR count). The van der Waals surface area contributed by atoms with Crippen LogP contribution in [-0.2, 0) is 19.7 Å². The van der Waals surface area contributed by atoms with Gasteiger partial charge in [0.25, 0.3) is 10.1 Å². The van der Waals surface area contributed by atoms with Crippen LogP contribution in [0.4, 0.5) is 0 Å². The normalized spacial score (nSPS) is 43.5. The van der Waals surface area contributed by atoms with Crippen molar-refractivity contribution in [2.24, 2.45) is 46.3 Å². The SMILES string of the molecule is C[C@H](CCC(=O)N1CC(S(=O)(=O)O)C1)[C@H]1CC[C@H]2[C@@H]3CC[C@@H]4CC(=O)CC[C@]4(C)[C@H]3CC[C@]12C. The van der Waals surface area contributed by atoms with Crippen LogP contribution in [0.3, 0.4) is 0 Å². The summed E-state index contributed by atoms with van der Waals surface area (Å²) >= 11 is 0. The zero-order valence-corrected chi connectivity index (χ0v) is 22.0. The van der Waals surface area contributed by atoms with Crippen LogP contribution >= 0.6 is 0 Å². The highest BCUT2D eigenvalue weighted by Crippen LogP contribution is 2.68. The van der Waals surface area contributed by atoms with Crippen molar-refractivity contribution in [3.05, 3.63) is 0 Å². The van der Waals surface area contributed by atoms with Gasteiger partial charge in [-0.3, -0.25) is 14.1 Å². The summed E-state index contributed by atoms with van der Waals surface area (Å²) < 4.78 is 31.5. The Morgan fingerprint density at radius 2 is 1.76 bits per heavy atom. The number of nitrogens with zero attached hydrogens (tertiary/aromatic N) is 1. The summed E-state index contributed by atoms with van der Waals surface area (Å²) in [6.07, 6.45) is 11.7. The molecule has 0 radical (unpaired) electrons. The minimum atomic E-state index is -4.03. The highest BCUT2D eigenvalue weighted by atomic mass is 32.2. The van der Waals surface area contributed by atoms with Crippen molar-refractivity contribution >= 4 is 21.8 Å². The van der Waals surface area contributed by atoms with Crippen molar-refractivity contribution in [2.75, 3.05) is 13.1 Å². The molecule has 1 N–H and O–H groups in total. The number of amides is 1. The summed E-state index contributed by atoms with van der Waals surface area (Å²) in [5.41, 5.74) is 0.704. The molecular weight excluding hydrogens is 450 g/mol. The zero-order chi connectivity index (χ0) is 24.5. The molecular formula is C27H43NO5S. The first kappa shape index (κ1) is 24.7. The minimum Gasteiger partial charge on any atom is -0.340 e. The lowest BCUT2D eigenvalue weighted by molar-refractivity contribution is -0.140. The van der Waals surface area contributed by atoms with Gasteiger partial charge in [0.15, 0.2) is 0 Å². The number of fused-ring (bicyclic) bond motifs is 5.